The van der Waals surface area contributed by atoms with Crippen molar-refractivity contribution in [2.24, 2.45) is 0 Å². The molecule has 0 atom stereocenters. The number of nitrogens with zero attached hydrogens (tertiary/aromatic N) is 5. The Labute approximate surface area is 311 Å². The van der Waals surface area contributed by atoms with Gasteiger partial charge in [0.25, 0.3) is 5.91 Å². The molecule has 0 unspecified atom stereocenters. The quantitative estimate of drug-likeness (QED) is 0.133. The number of hydrogen-bond acceptors (Lipinski definition) is 8. The van der Waals surface area contributed by atoms with E-state index in [0.717, 1.165) is 106 Å². The fourth-order valence-corrected chi connectivity index (χ4v) is 7.50. The lowest BCUT2D eigenvalue weighted by Crippen LogP contribution is -2.45. The van der Waals surface area contributed by atoms with Crippen LogP contribution in [0.2, 0.25) is 0 Å². The van der Waals surface area contributed by atoms with Gasteiger partial charge in [0.05, 0.1) is 23.9 Å². The molecule has 2 fully saturated rings. The van der Waals surface area contributed by atoms with E-state index in [2.05, 4.69) is 45.4 Å². The standard InChI is InChI=1S/C42H50FN7O3/c1-3-39-37(40(46-34-13-19-53-20-14-34)36-25-45-50(4-2)41(36)47-39)27-49-17-15-48(16-18-49)26-30-7-5-10-33(21-30)42(52)44-24-29-11-12-38(43)35(23-29)32-9-6-8-31(22-32)28-51/h5-12,21-23,25,34,51H,3-4,13-20,24,26-28H2,1-2H3,(H,44,52)(H,46,47). The number of aliphatic hydroxyl groups excluding tert-OH is 1. The van der Waals surface area contributed by atoms with Crippen LogP contribution < -0.4 is 10.6 Å². The number of aromatic nitrogens is 3. The third-order valence-electron chi connectivity index (χ3n) is 10.5. The maximum absolute atomic E-state index is 14.7. The van der Waals surface area contributed by atoms with Crippen LogP contribution in [0.5, 0.6) is 0 Å². The highest BCUT2D eigenvalue weighted by molar-refractivity contribution is 5.94. The Hall–Kier alpha value is -4.68. The van der Waals surface area contributed by atoms with Crippen LogP contribution in [0.15, 0.2) is 72.9 Å². The normalized spacial score (nSPS) is 15.9. The van der Waals surface area contributed by atoms with E-state index < -0.39 is 0 Å². The van der Waals surface area contributed by atoms with Gasteiger partial charge < -0.3 is 20.5 Å². The van der Waals surface area contributed by atoms with Crippen LogP contribution in [0.3, 0.4) is 0 Å². The number of aryl methyl sites for hydroxylation is 2. The maximum atomic E-state index is 14.7. The van der Waals surface area contributed by atoms with E-state index in [1.165, 1.54) is 17.3 Å². The first kappa shape index (κ1) is 36.7. The average molecular weight is 720 g/mol. The Morgan fingerprint density at radius 1 is 0.925 bits per heavy atom. The average Bonchev–Trinajstić information content (AvgIpc) is 3.62. The summed E-state index contributed by atoms with van der Waals surface area (Å²) in [4.78, 5) is 23.4. The summed E-state index contributed by atoms with van der Waals surface area (Å²) in [6.45, 7) is 12.1. The van der Waals surface area contributed by atoms with Crippen LogP contribution >= 0.6 is 0 Å². The summed E-state index contributed by atoms with van der Waals surface area (Å²) in [6.07, 6.45) is 4.82. The summed E-state index contributed by atoms with van der Waals surface area (Å²) in [5.41, 5.74) is 8.88. The van der Waals surface area contributed by atoms with Crippen molar-refractivity contribution in [2.75, 3.05) is 44.7 Å². The SMILES string of the molecule is CCc1nc2c(cnn2CC)c(NC2CCOCC2)c1CN1CCN(Cc2cccc(C(=O)NCc3ccc(F)c(-c4cccc(CO)c4)c3)c2)CC1. The van der Waals surface area contributed by atoms with Crippen molar-refractivity contribution in [1.82, 2.24) is 29.9 Å². The number of hydrogen-bond donors (Lipinski definition) is 3. The lowest BCUT2D eigenvalue weighted by molar-refractivity contribution is 0.0904. The van der Waals surface area contributed by atoms with Gasteiger partial charge >= 0.3 is 0 Å². The number of anilines is 1. The number of carbonyl (C=O) groups is 1. The van der Waals surface area contributed by atoms with Crippen molar-refractivity contribution in [1.29, 1.82) is 0 Å². The molecule has 3 N–H and O–H groups in total. The van der Waals surface area contributed by atoms with Gasteiger partial charge in [0.1, 0.15) is 5.82 Å². The van der Waals surface area contributed by atoms with E-state index in [9.17, 15) is 14.3 Å². The Bertz CT molecular complexity index is 2040. The minimum atomic E-state index is -0.347. The Morgan fingerprint density at radius 2 is 1.68 bits per heavy atom. The minimum absolute atomic E-state index is 0.112. The van der Waals surface area contributed by atoms with Crippen molar-refractivity contribution in [3.05, 3.63) is 112 Å². The largest absolute Gasteiger partial charge is 0.392 e. The highest BCUT2D eigenvalue weighted by atomic mass is 19.1. The fraction of sp³-hybridized carbons (Fsp3) is 0.405. The van der Waals surface area contributed by atoms with Gasteiger partial charge in [0, 0.05) is 94.0 Å². The molecule has 4 heterocycles. The van der Waals surface area contributed by atoms with Gasteiger partial charge in [-0.1, -0.05) is 43.3 Å². The molecule has 0 radical (unpaired) electrons. The number of halogens is 1. The van der Waals surface area contributed by atoms with Crippen molar-refractivity contribution < 1.29 is 19.0 Å². The molecule has 0 bridgehead atoms. The summed E-state index contributed by atoms with van der Waals surface area (Å²) >= 11 is 0. The molecule has 2 saturated heterocycles. The predicted molar refractivity (Wildman–Crippen MR) is 206 cm³/mol. The van der Waals surface area contributed by atoms with Gasteiger partial charge in [-0.25, -0.2) is 14.1 Å². The molecule has 53 heavy (non-hydrogen) atoms. The Morgan fingerprint density at radius 3 is 2.43 bits per heavy atom. The molecule has 5 aromatic rings. The number of benzene rings is 3. The number of ether oxygens (including phenoxy) is 1. The molecule has 0 spiro atoms. The third kappa shape index (κ3) is 8.60. The summed E-state index contributed by atoms with van der Waals surface area (Å²) in [6, 6.07) is 20.2. The van der Waals surface area contributed by atoms with E-state index in [1.54, 1.807) is 30.3 Å². The molecule has 10 nitrogen and oxygen atoms in total. The Kier molecular flexibility index (Phi) is 11.7. The summed E-state index contributed by atoms with van der Waals surface area (Å²) < 4.78 is 22.4. The van der Waals surface area contributed by atoms with Crippen LogP contribution in [0.25, 0.3) is 22.2 Å². The lowest BCUT2D eigenvalue weighted by Gasteiger charge is -2.36. The zero-order valence-electron chi connectivity index (χ0n) is 30.8. The molecular formula is C42H50FN7O3. The second kappa shape index (κ2) is 17.0. The van der Waals surface area contributed by atoms with Crippen molar-refractivity contribution in [3.8, 4) is 11.1 Å². The van der Waals surface area contributed by atoms with E-state index >= 15 is 0 Å². The molecule has 0 saturated carbocycles. The topological polar surface area (TPSA) is 108 Å². The zero-order valence-corrected chi connectivity index (χ0v) is 30.8. The van der Waals surface area contributed by atoms with Crippen LogP contribution in [-0.4, -0.2) is 81.0 Å². The molecule has 2 aliphatic rings. The number of pyridine rings is 1. The molecule has 2 aromatic heterocycles. The molecule has 11 heteroatoms. The summed E-state index contributed by atoms with van der Waals surface area (Å²) in [5, 5.41) is 22.2. The number of fused-ring (bicyclic) bond motifs is 1. The molecule has 3 aromatic carbocycles. The van der Waals surface area contributed by atoms with E-state index in [4.69, 9.17) is 9.72 Å². The number of rotatable bonds is 13. The molecule has 7 rings (SSSR count). The number of amides is 1. The third-order valence-corrected chi connectivity index (χ3v) is 10.5. The second-order valence-corrected chi connectivity index (χ2v) is 14.1. The fourth-order valence-electron chi connectivity index (χ4n) is 7.50. The minimum Gasteiger partial charge on any atom is -0.392 e. The number of aliphatic hydroxyl groups is 1. The van der Waals surface area contributed by atoms with Crippen LogP contribution in [0, 0.1) is 5.82 Å². The van der Waals surface area contributed by atoms with Gasteiger partial charge in [0.2, 0.25) is 0 Å². The summed E-state index contributed by atoms with van der Waals surface area (Å²) in [7, 11) is 0. The molecule has 2 aliphatic heterocycles. The monoisotopic (exact) mass is 719 g/mol. The van der Waals surface area contributed by atoms with E-state index in [0.29, 0.717) is 28.3 Å². The predicted octanol–water partition coefficient (Wildman–Crippen LogP) is 6.15. The second-order valence-electron chi connectivity index (χ2n) is 14.1. The molecule has 0 aliphatic carbocycles. The first-order valence-corrected chi connectivity index (χ1v) is 18.9. The van der Waals surface area contributed by atoms with Gasteiger partial charge in [-0.05, 0) is 78.8 Å². The van der Waals surface area contributed by atoms with Crippen molar-refractivity contribution >= 4 is 22.6 Å². The van der Waals surface area contributed by atoms with Gasteiger partial charge in [0.15, 0.2) is 5.65 Å². The molecule has 278 valence electrons. The summed E-state index contributed by atoms with van der Waals surface area (Å²) in [5.74, 6) is -0.516. The van der Waals surface area contributed by atoms with E-state index in [-0.39, 0.29) is 24.9 Å². The van der Waals surface area contributed by atoms with Crippen LogP contribution in [0.4, 0.5) is 10.1 Å². The maximum Gasteiger partial charge on any atom is 0.251 e. The van der Waals surface area contributed by atoms with Crippen molar-refractivity contribution in [2.45, 2.75) is 71.9 Å². The lowest BCUT2D eigenvalue weighted by atomic mass is 10.0. The number of nitrogens with one attached hydrogen (secondary N) is 2. The molecule has 1 amide bonds. The number of carbonyl (C=O) groups excluding carboxylic acids is 1. The smallest absolute Gasteiger partial charge is 0.251 e. The zero-order chi connectivity index (χ0) is 36.7. The Balaban J connectivity index is 0.970. The van der Waals surface area contributed by atoms with Crippen LogP contribution in [0.1, 0.15) is 65.0 Å². The van der Waals surface area contributed by atoms with E-state index in [1.807, 2.05) is 35.1 Å². The first-order valence-electron chi connectivity index (χ1n) is 18.9. The van der Waals surface area contributed by atoms with Gasteiger partial charge in [-0.2, -0.15) is 5.10 Å². The van der Waals surface area contributed by atoms with Gasteiger partial charge in [-0.3, -0.25) is 14.6 Å². The van der Waals surface area contributed by atoms with Crippen molar-refractivity contribution in [3.63, 3.8) is 0 Å². The first-order chi connectivity index (χ1) is 25.9. The highest BCUT2D eigenvalue weighted by Crippen LogP contribution is 2.32. The van der Waals surface area contributed by atoms with Crippen LogP contribution in [-0.2, 0) is 43.9 Å². The van der Waals surface area contributed by atoms with Gasteiger partial charge in [-0.15, -0.1) is 0 Å². The molecular weight excluding hydrogens is 670 g/mol. The highest BCUT2D eigenvalue weighted by Gasteiger charge is 2.25. The number of piperazine rings is 1.